The lowest BCUT2D eigenvalue weighted by molar-refractivity contribution is 0.0522. The summed E-state index contributed by atoms with van der Waals surface area (Å²) >= 11 is 0. The first-order chi connectivity index (χ1) is 8.73. The van der Waals surface area contributed by atoms with E-state index in [1.807, 2.05) is 0 Å². The van der Waals surface area contributed by atoms with Crippen molar-refractivity contribution in [3.8, 4) is 6.07 Å². The largest absolute Gasteiger partial charge is 0.444 e. The van der Waals surface area contributed by atoms with Gasteiger partial charge in [0.15, 0.2) is 0 Å². The van der Waals surface area contributed by atoms with E-state index in [0.29, 0.717) is 0 Å². The predicted octanol–water partition coefficient (Wildman–Crippen LogP) is 2.86. The molecule has 0 heterocycles. The Morgan fingerprint density at radius 1 is 1.37 bits per heavy atom. The maximum Gasteiger partial charge on any atom is 0.407 e. The SMILES string of the molecule is CC(C)(C)OC(=O)NCc1c(F)cc(C#N)cc1F. The zero-order valence-corrected chi connectivity index (χ0v) is 10.9. The standard InChI is InChI=1S/C13H14F2N2O2/c1-13(2,3)19-12(18)17-7-9-10(14)4-8(6-16)5-11(9)15/h4-5H,7H2,1-3H3,(H,17,18). The molecular weight excluding hydrogens is 254 g/mol. The number of carbonyl (C=O) groups is 1. The van der Waals surface area contributed by atoms with E-state index in [1.165, 1.54) is 0 Å². The number of carbonyl (C=O) groups excluding carboxylic acids is 1. The molecule has 4 nitrogen and oxygen atoms in total. The van der Waals surface area contributed by atoms with E-state index >= 15 is 0 Å². The van der Waals surface area contributed by atoms with Crippen LogP contribution in [0.15, 0.2) is 12.1 Å². The molecule has 6 heteroatoms. The summed E-state index contributed by atoms with van der Waals surface area (Å²) in [6, 6.07) is 3.46. The summed E-state index contributed by atoms with van der Waals surface area (Å²) in [5, 5.41) is 10.8. The van der Waals surface area contributed by atoms with Gasteiger partial charge in [-0.3, -0.25) is 0 Å². The second-order valence-corrected chi connectivity index (χ2v) is 4.89. The van der Waals surface area contributed by atoms with Crippen LogP contribution in [0.25, 0.3) is 0 Å². The first-order valence-electron chi connectivity index (χ1n) is 5.58. The molecule has 102 valence electrons. The number of benzene rings is 1. The van der Waals surface area contributed by atoms with Crippen molar-refractivity contribution in [3.63, 3.8) is 0 Å². The molecule has 1 aromatic carbocycles. The van der Waals surface area contributed by atoms with E-state index in [-0.39, 0.29) is 17.7 Å². The molecule has 1 rings (SSSR count). The van der Waals surface area contributed by atoms with Gasteiger partial charge in [0.1, 0.15) is 17.2 Å². The van der Waals surface area contributed by atoms with Crippen molar-refractivity contribution in [2.45, 2.75) is 32.9 Å². The van der Waals surface area contributed by atoms with Gasteiger partial charge in [-0.1, -0.05) is 0 Å². The highest BCUT2D eigenvalue weighted by Gasteiger charge is 2.17. The Morgan fingerprint density at radius 3 is 2.32 bits per heavy atom. The second-order valence-electron chi connectivity index (χ2n) is 4.89. The van der Waals surface area contributed by atoms with Crippen LogP contribution in [0.1, 0.15) is 31.9 Å². The van der Waals surface area contributed by atoms with Crippen LogP contribution in [0, 0.1) is 23.0 Å². The molecule has 0 saturated heterocycles. The van der Waals surface area contributed by atoms with Crippen LogP contribution in [0.2, 0.25) is 0 Å². The van der Waals surface area contributed by atoms with Gasteiger partial charge in [-0.2, -0.15) is 5.26 Å². The van der Waals surface area contributed by atoms with Crippen molar-refractivity contribution in [1.82, 2.24) is 5.32 Å². The van der Waals surface area contributed by atoms with Crippen molar-refractivity contribution in [2.24, 2.45) is 0 Å². The molecule has 0 unspecified atom stereocenters. The monoisotopic (exact) mass is 268 g/mol. The molecule has 1 amide bonds. The third-order valence-corrected chi connectivity index (χ3v) is 2.08. The van der Waals surface area contributed by atoms with E-state index in [1.54, 1.807) is 26.8 Å². The number of hydrogen-bond donors (Lipinski definition) is 1. The Balaban J connectivity index is 2.74. The van der Waals surface area contributed by atoms with Crippen molar-refractivity contribution in [3.05, 3.63) is 34.9 Å². The predicted molar refractivity (Wildman–Crippen MR) is 64.1 cm³/mol. The first kappa shape index (κ1) is 14.9. The van der Waals surface area contributed by atoms with Crippen molar-refractivity contribution in [1.29, 1.82) is 5.26 Å². The number of rotatable bonds is 2. The van der Waals surface area contributed by atoms with Gasteiger partial charge in [0.2, 0.25) is 0 Å². The van der Waals surface area contributed by atoms with Gasteiger partial charge in [0.25, 0.3) is 0 Å². The van der Waals surface area contributed by atoms with Gasteiger partial charge >= 0.3 is 6.09 Å². The van der Waals surface area contributed by atoms with Gasteiger partial charge in [0.05, 0.1) is 18.2 Å². The minimum atomic E-state index is -0.882. The van der Waals surface area contributed by atoms with Crippen LogP contribution in [0.5, 0.6) is 0 Å². The maximum absolute atomic E-state index is 13.5. The first-order valence-corrected chi connectivity index (χ1v) is 5.58. The number of hydrogen-bond acceptors (Lipinski definition) is 3. The van der Waals surface area contributed by atoms with Crippen LogP contribution in [-0.4, -0.2) is 11.7 Å². The summed E-state index contributed by atoms with van der Waals surface area (Å²) in [4.78, 5) is 11.3. The molecule has 0 spiro atoms. The highest BCUT2D eigenvalue weighted by molar-refractivity contribution is 5.67. The number of nitrogens with zero attached hydrogens (tertiary/aromatic N) is 1. The van der Waals surface area contributed by atoms with Crippen molar-refractivity contribution >= 4 is 6.09 Å². The Bertz CT molecular complexity index is 507. The summed E-state index contributed by atoms with van der Waals surface area (Å²) in [7, 11) is 0. The molecule has 0 aliphatic rings. The summed E-state index contributed by atoms with van der Waals surface area (Å²) in [6.07, 6.45) is -0.768. The molecule has 0 aromatic heterocycles. The summed E-state index contributed by atoms with van der Waals surface area (Å²) in [5.41, 5.74) is -1.12. The average molecular weight is 268 g/mol. The Kier molecular flexibility index (Phi) is 4.43. The normalized spacial score (nSPS) is 10.7. The highest BCUT2D eigenvalue weighted by Crippen LogP contribution is 2.15. The topological polar surface area (TPSA) is 62.1 Å². The Labute approximate surface area is 110 Å². The third kappa shape index (κ3) is 4.54. The fraction of sp³-hybridized carbons (Fsp3) is 0.385. The van der Waals surface area contributed by atoms with Crippen LogP contribution in [-0.2, 0) is 11.3 Å². The smallest absolute Gasteiger partial charge is 0.407 e. The number of alkyl carbamates (subject to hydrolysis) is 1. The quantitative estimate of drug-likeness (QED) is 0.897. The summed E-state index contributed by atoms with van der Waals surface area (Å²) in [6.45, 7) is 4.68. The van der Waals surface area contributed by atoms with E-state index in [0.717, 1.165) is 12.1 Å². The van der Waals surface area contributed by atoms with Gasteiger partial charge in [-0.05, 0) is 32.9 Å². The van der Waals surface area contributed by atoms with Crippen LogP contribution in [0.4, 0.5) is 13.6 Å². The molecule has 19 heavy (non-hydrogen) atoms. The fourth-order valence-electron chi connectivity index (χ4n) is 1.31. The lowest BCUT2D eigenvalue weighted by Gasteiger charge is -2.19. The zero-order valence-electron chi connectivity index (χ0n) is 10.9. The molecule has 0 radical (unpaired) electrons. The maximum atomic E-state index is 13.5. The van der Waals surface area contributed by atoms with E-state index in [2.05, 4.69) is 5.32 Å². The molecule has 1 aromatic rings. The number of ether oxygens (including phenoxy) is 1. The van der Waals surface area contributed by atoms with Gasteiger partial charge in [-0.15, -0.1) is 0 Å². The van der Waals surface area contributed by atoms with Crippen LogP contribution in [0.3, 0.4) is 0 Å². The minimum absolute atomic E-state index is 0.115. The van der Waals surface area contributed by atoms with E-state index < -0.39 is 23.3 Å². The molecule has 0 bridgehead atoms. The van der Waals surface area contributed by atoms with E-state index in [4.69, 9.17) is 10.00 Å². The molecule has 0 saturated carbocycles. The van der Waals surface area contributed by atoms with Crippen LogP contribution >= 0.6 is 0 Å². The van der Waals surface area contributed by atoms with Gasteiger partial charge in [0, 0.05) is 5.56 Å². The fourth-order valence-corrected chi connectivity index (χ4v) is 1.31. The molecule has 0 fully saturated rings. The lowest BCUT2D eigenvalue weighted by Crippen LogP contribution is -2.32. The Hall–Kier alpha value is -2.16. The average Bonchev–Trinajstić information content (AvgIpc) is 2.25. The molecule has 0 atom stereocenters. The van der Waals surface area contributed by atoms with Crippen LogP contribution < -0.4 is 5.32 Å². The van der Waals surface area contributed by atoms with Crippen molar-refractivity contribution in [2.75, 3.05) is 0 Å². The molecule has 1 N–H and O–H groups in total. The highest BCUT2D eigenvalue weighted by atomic mass is 19.1. The number of nitriles is 1. The third-order valence-electron chi connectivity index (χ3n) is 2.08. The molecule has 0 aliphatic heterocycles. The number of halogens is 2. The molecular formula is C13H14F2N2O2. The van der Waals surface area contributed by atoms with Crippen molar-refractivity contribution < 1.29 is 18.3 Å². The zero-order chi connectivity index (χ0) is 14.6. The lowest BCUT2D eigenvalue weighted by atomic mass is 10.1. The number of amides is 1. The summed E-state index contributed by atoms with van der Waals surface area (Å²) in [5.74, 6) is -1.76. The minimum Gasteiger partial charge on any atom is -0.444 e. The van der Waals surface area contributed by atoms with Gasteiger partial charge in [-0.25, -0.2) is 13.6 Å². The summed E-state index contributed by atoms with van der Waals surface area (Å²) < 4.78 is 31.9. The Morgan fingerprint density at radius 2 is 1.89 bits per heavy atom. The number of nitrogens with one attached hydrogen (secondary N) is 1. The molecule has 0 aliphatic carbocycles. The second kappa shape index (κ2) is 5.65. The van der Waals surface area contributed by atoms with Gasteiger partial charge < -0.3 is 10.1 Å². The van der Waals surface area contributed by atoms with E-state index in [9.17, 15) is 13.6 Å².